The number of amides is 1. The van der Waals surface area contributed by atoms with Crippen LogP contribution in [0.1, 0.15) is 18.9 Å². The second kappa shape index (κ2) is 9.22. The molecule has 2 heterocycles. The van der Waals surface area contributed by atoms with Crippen LogP contribution in [0.5, 0.6) is 11.5 Å². The Balaban J connectivity index is 1.48. The first-order valence-electron chi connectivity index (χ1n) is 9.70. The molecule has 0 radical (unpaired) electrons. The highest BCUT2D eigenvalue weighted by Crippen LogP contribution is 2.36. The zero-order valence-electron chi connectivity index (χ0n) is 16.8. The molecule has 9 heteroatoms. The highest BCUT2D eigenvalue weighted by Gasteiger charge is 2.29. The van der Waals surface area contributed by atoms with Gasteiger partial charge in [0.15, 0.2) is 28.6 Å². The van der Waals surface area contributed by atoms with Crippen LogP contribution in [0.15, 0.2) is 66.3 Å². The normalized spacial score (nSPS) is 15.9. The summed E-state index contributed by atoms with van der Waals surface area (Å²) in [4.78, 5) is 12.6. The molecular weight excluding hydrogens is 419 g/mol. The zero-order chi connectivity index (χ0) is 21.8. The highest BCUT2D eigenvalue weighted by molar-refractivity contribution is 8.00. The Hall–Kier alpha value is -3.33. The minimum absolute atomic E-state index is 0.225. The SMILES string of the molecule is C=CCn1c(S[C@H](C)C(=O)Nc2ccc(F)cc2)nnc1[C@@H]1COc2ccccc2O1. The lowest BCUT2D eigenvalue weighted by Gasteiger charge is -2.26. The summed E-state index contributed by atoms with van der Waals surface area (Å²) in [5.74, 6) is 1.35. The Morgan fingerprint density at radius 1 is 1.29 bits per heavy atom. The van der Waals surface area contributed by atoms with Crippen molar-refractivity contribution >= 4 is 23.4 Å². The minimum atomic E-state index is -0.463. The third-order valence-corrected chi connectivity index (χ3v) is 5.70. The fourth-order valence-electron chi connectivity index (χ4n) is 3.06. The third kappa shape index (κ3) is 4.72. The van der Waals surface area contributed by atoms with Crippen LogP contribution in [0.3, 0.4) is 0 Å². The monoisotopic (exact) mass is 440 g/mol. The second-order valence-corrected chi connectivity index (χ2v) is 8.17. The van der Waals surface area contributed by atoms with E-state index in [9.17, 15) is 9.18 Å². The first kappa shape index (κ1) is 20.9. The molecule has 1 amide bonds. The molecule has 0 saturated carbocycles. The largest absolute Gasteiger partial charge is 0.485 e. The smallest absolute Gasteiger partial charge is 0.237 e. The number of rotatable bonds is 7. The van der Waals surface area contributed by atoms with Crippen molar-refractivity contribution in [1.29, 1.82) is 0 Å². The predicted octanol–water partition coefficient (Wildman–Crippen LogP) is 4.24. The molecule has 0 saturated heterocycles. The Kier molecular flexibility index (Phi) is 6.22. The summed E-state index contributed by atoms with van der Waals surface area (Å²) in [5, 5.41) is 11.5. The van der Waals surface area contributed by atoms with Crippen LogP contribution >= 0.6 is 11.8 Å². The van der Waals surface area contributed by atoms with Gasteiger partial charge in [-0.05, 0) is 43.3 Å². The van der Waals surface area contributed by atoms with Crippen molar-refractivity contribution in [2.24, 2.45) is 0 Å². The zero-order valence-corrected chi connectivity index (χ0v) is 17.6. The van der Waals surface area contributed by atoms with Crippen molar-refractivity contribution in [3.8, 4) is 11.5 Å². The van der Waals surface area contributed by atoms with E-state index in [1.165, 1.54) is 36.0 Å². The number of anilines is 1. The van der Waals surface area contributed by atoms with Gasteiger partial charge in [0.05, 0.1) is 5.25 Å². The number of carbonyl (C=O) groups excluding carboxylic acids is 1. The van der Waals surface area contributed by atoms with Gasteiger partial charge in [-0.25, -0.2) is 4.39 Å². The molecule has 3 aromatic rings. The topological polar surface area (TPSA) is 78.3 Å². The number of thioether (sulfide) groups is 1. The molecule has 1 aromatic heterocycles. The van der Waals surface area contributed by atoms with Crippen LogP contribution < -0.4 is 14.8 Å². The van der Waals surface area contributed by atoms with E-state index in [-0.39, 0.29) is 11.7 Å². The maximum absolute atomic E-state index is 13.1. The van der Waals surface area contributed by atoms with Gasteiger partial charge < -0.3 is 14.8 Å². The number of aromatic nitrogens is 3. The van der Waals surface area contributed by atoms with Gasteiger partial charge in [-0.15, -0.1) is 16.8 Å². The number of allylic oxidation sites excluding steroid dienone is 1. The van der Waals surface area contributed by atoms with E-state index in [2.05, 4.69) is 22.1 Å². The van der Waals surface area contributed by atoms with Crippen molar-refractivity contribution in [2.45, 2.75) is 30.0 Å². The minimum Gasteiger partial charge on any atom is -0.485 e. The van der Waals surface area contributed by atoms with Gasteiger partial charge in [-0.1, -0.05) is 30.0 Å². The number of nitrogens with one attached hydrogen (secondary N) is 1. The first-order valence-corrected chi connectivity index (χ1v) is 10.6. The molecule has 1 N–H and O–H groups in total. The van der Waals surface area contributed by atoms with Crippen LogP contribution in [-0.4, -0.2) is 32.5 Å². The van der Waals surface area contributed by atoms with E-state index in [4.69, 9.17) is 9.47 Å². The van der Waals surface area contributed by atoms with Gasteiger partial charge >= 0.3 is 0 Å². The molecule has 0 bridgehead atoms. The first-order chi connectivity index (χ1) is 15.0. The quantitative estimate of drug-likeness (QED) is 0.438. The summed E-state index contributed by atoms with van der Waals surface area (Å²) in [5.41, 5.74) is 0.526. The van der Waals surface area contributed by atoms with Crippen molar-refractivity contribution < 1.29 is 18.7 Å². The standard InChI is InChI=1S/C22H21FN4O3S/c1-3-12-27-20(19-13-29-17-6-4-5-7-18(17)30-19)25-26-22(27)31-14(2)21(28)24-16-10-8-15(23)9-11-16/h3-11,14,19H,1,12-13H2,2H3,(H,24,28)/t14-,19+/m1/s1. The summed E-state index contributed by atoms with van der Waals surface area (Å²) in [6.45, 7) is 6.34. The number of ether oxygens (including phenoxy) is 2. The number of fused-ring (bicyclic) bond motifs is 1. The Morgan fingerprint density at radius 3 is 2.77 bits per heavy atom. The molecule has 0 spiro atoms. The molecular formula is C22H21FN4O3S. The maximum Gasteiger partial charge on any atom is 0.237 e. The molecule has 7 nitrogen and oxygen atoms in total. The van der Waals surface area contributed by atoms with Crippen molar-refractivity contribution in [1.82, 2.24) is 14.8 Å². The van der Waals surface area contributed by atoms with E-state index in [0.29, 0.717) is 41.3 Å². The Morgan fingerprint density at radius 2 is 2.03 bits per heavy atom. The van der Waals surface area contributed by atoms with Crippen molar-refractivity contribution in [3.05, 3.63) is 72.8 Å². The van der Waals surface area contributed by atoms with Crippen LogP contribution in [0.4, 0.5) is 10.1 Å². The molecule has 1 aliphatic heterocycles. The molecule has 2 atom stereocenters. The molecule has 0 unspecified atom stereocenters. The summed E-state index contributed by atoms with van der Waals surface area (Å²) >= 11 is 1.27. The number of para-hydroxylation sites is 2. The molecule has 4 rings (SSSR count). The summed E-state index contributed by atoms with van der Waals surface area (Å²) in [6, 6.07) is 13.1. The highest BCUT2D eigenvalue weighted by atomic mass is 32.2. The van der Waals surface area contributed by atoms with Crippen LogP contribution in [0.2, 0.25) is 0 Å². The average molecular weight is 441 g/mol. The molecule has 160 valence electrons. The number of halogens is 1. The molecule has 1 aliphatic rings. The fraction of sp³-hybridized carbons (Fsp3) is 0.227. The van der Waals surface area contributed by atoms with Gasteiger partial charge in [0.2, 0.25) is 5.91 Å². The van der Waals surface area contributed by atoms with Crippen molar-refractivity contribution in [2.75, 3.05) is 11.9 Å². The van der Waals surface area contributed by atoms with E-state index in [1.807, 2.05) is 28.8 Å². The summed E-state index contributed by atoms with van der Waals surface area (Å²) in [7, 11) is 0. The predicted molar refractivity (Wildman–Crippen MR) is 116 cm³/mol. The number of hydrogen-bond donors (Lipinski definition) is 1. The molecule has 31 heavy (non-hydrogen) atoms. The Labute approximate surface area is 183 Å². The lowest BCUT2D eigenvalue weighted by atomic mass is 10.2. The van der Waals surface area contributed by atoms with Gasteiger partial charge in [-0.2, -0.15) is 0 Å². The Bertz CT molecular complexity index is 1090. The lowest BCUT2D eigenvalue weighted by Crippen LogP contribution is -2.25. The number of carbonyl (C=O) groups is 1. The van der Waals surface area contributed by atoms with E-state index in [0.717, 1.165) is 0 Å². The average Bonchev–Trinajstić information content (AvgIpc) is 3.17. The van der Waals surface area contributed by atoms with Crippen LogP contribution in [-0.2, 0) is 11.3 Å². The van der Waals surface area contributed by atoms with Crippen LogP contribution in [0, 0.1) is 5.82 Å². The van der Waals surface area contributed by atoms with E-state index in [1.54, 1.807) is 13.0 Å². The van der Waals surface area contributed by atoms with E-state index < -0.39 is 11.4 Å². The van der Waals surface area contributed by atoms with E-state index >= 15 is 0 Å². The third-order valence-electron chi connectivity index (χ3n) is 4.62. The molecule has 0 aliphatic carbocycles. The van der Waals surface area contributed by atoms with Gasteiger partial charge in [0.25, 0.3) is 0 Å². The summed E-state index contributed by atoms with van der Waals surface area (Å²) in [6.07, 6.45) is 1.30. The second-order valence-electron chi connectivity index (χ2n) is 6.86. The number of nitrogens with zero attached hydrogens (tertiary/aromatic N) is 3. The van der Waals surface area contributed by atoms with Gasteiger partial charge in [0.1, 0.15) is 12.4 Å². The molecule has 2 aromatic carbocycles. The number of hydrogen-bond acceptors (Lipinski definition) is 6. The summed E-state index contributed by atoms with van der Waals surface area (Å²) < 4.78 is 26.8. The lowest BCUT2D eigenvalue weighted by molar-refractivity contribution is -0.115. The maximum atomic E-state index is 13.1. The number of benzene rings is 2. The van der Waals surface area contributed by atoms with Gasteiger partial charge in [0, 0.05) is 12.2 Å². The fourth-order valence-corrected chi connectivity index (χ4v) is 3.93. The van der Waals surface area contributed by atoms with Gasteiger partial charge in [-0.3, -0.25) is 9.36 Å². The van der Waals surface area contributed by atoms with Crippen LogP contribution in [0.25, 0.3) is 0 Å². The molecule has 0 fully saturated rings. The van der Waals surface area contributed by atoms with Crippen molar-refractivity contribution in [3.63, 3.8) is 0 Å².